The van der Waals surface area contributed by atoms with Crippen molar-refractivity contribution in [2.75, 3.05) is 12.9 Å². The average Bonchev–Trinajstić information content (AvgIpc) is 2.26. The molecule has 1 aromatic rings. The topological polar surface area (TPSA) is 89.4 Å². The lowest BCUT2D eigenvalue weighted by molar-refractivity contribution is -0.137. The molecule has 0 saturated carbocycles. The third kappa shape index (κ3) is 3.55. The van der Waals surface area contributed by atoms with Crippen LogP contribution < -0.4 is 0 Å². The molecule has 0 fully saturated rings. The van der Waals surface area contributed by atoms with Gasteiger partial charge < -0.3 is 9.84 Å². The monoisotopic (exact) mass is 228 g/mol. The Kier molecular flexibility index (Phi) is 4.04. The first-order valence-corrected chi connectivity index (χ1v) is 4.87. The number of nitrogens with zero attached hydrogens (tertiary/aromatic N) is 2. The molecular formula is C8H8N2O4S. The van der Waals surface area contributed by atoms with Gasteiger partial charge in [-0.2, -0.15) is 0 Å². The van der Waals surface area contributed by atoms with Gasteiger partial charge in [-0.05, 0) is 0 Å². The second-order valence-corrected chi connectivity index (χ2v) is 3.41. The SMILES string of the molecule is COC(=O)CSc1cnc(C(=O)O)cn1. The lowest BCUT2D eigenvalue weighted by Gasteiger charge is -1.99. The highest BCUT2D eigenvalue weighted by Crippen LogP contribution is 2.13. The summed E-state index contributed by atoms with van der Waals surface area (Å²) in [6, 6.07) is 0. The maximum Gasteiger partial charge on any atom is 0.356 e. The second-order valence-electron chi connectivity index (χ2n) is 2.41. The van der Waals surface area contributed by atoms with Gasteiger partial charge in [-0.3, -0.25) is 4.79 Å². The third-order valence-electron chi connectivity index (χ3n) is 1.41. The van der Waals surface area contributed by atoms with E-state index in [-0.39, 0.29) is 17.4 Å². The predicted molar refractivity (Wildman–Crippen MR) is 51.7 cm³/mol. The number of hydrogen-bond donors (Lipinski definition) is 1. The number of methoxy groups -OCH3 is 1. The van der Waals surface area contributed by atoms with Gasteiger partial charge in [0.2, 0.25) is 0 Å². The maximum absolute atomic E-state index is 10.8. The van der Waals surface area contributed by atoms with Crippen molar-refractivity contribution in [1.82, 2.24) is 9.97 Å². The molecule has 0 aliphatic rings. The molecule has 0 radical (unpaired) electrons. The lowest BCUT2D eigenvalue weighted by Crippen LogP contribution is -2.04. The molecule has 0 aliphatic carbocycles. The molecule has 7 heteroatoms. The van der Waals surface area contributed by atoms with Crippen LogP contribution in [-0.2, 0) is 9.53 Å². The van der Waals surface area contributed by atoms with Crippen molar-refractivity contribution < 1.29 is 19.4 Å². The van der Waals surface area contributed by atoms with E-state index in [2.05, 4.69) is 14.7 Å². The van der Waals surface area contributed by atoms with Crippen LogP contribution in [0.4, 0.5) is 0 Å². The van der Waals surface area contributed by atoms with Gasteiger partial charge in [0.1, 0.15) is 5.03 Å². The normalized spacial score (nSPS) is 9.67. The molecular weight excluding hydrogens is 220 g/mol. The molecule has 15 heavy (non-hydrogen) atoms. The molecule has 1 heterocycles. The molecule has 0 aromatic carbocycles. The summed E-state index contributed by atoms with van der Waals surface area (Å²) in [5, 5.41) is 9.03. The Morgan fingerprint density at radius 1 is 1.47 bits per heavy atom. The van der Waals surface area contributed by atoms with Gasteiger partial charge in [-0.1, -0.05) is 11.8 Å². The summed E-state index contributed by atoms with van der Waals surface area (Å²) in [5.41, 5.74) is -0.127. The standard InChI is InChI=1S/C8H8N2O4S/c1-14-7(11)4-15-6-3-9-5(2-10-6)8(12)13/h2-3H,4H2,1H3,(H,12,13). The first kappa shape index (κ1) is 11.4. The van der Waals surface area contributed by atoms with Crippen molar-refractivity contribution >= 4 is 23.7 Å². The molecule has 1 aromatic heterocycles. The molecule has 0 unspecified atom stereocenters. The number of ether oxygens (including phenoxy) is 1. The van der Waals surface area contributed by atoms with Crippen LogP contribution in [0.1, 0.15) is 10.5 Å². The fourth-order valence-electron chi connectivity index (χ4n) is 0.693. The molecule has 0 spiro atoms. The van der Waals surface area contributed by atoms with Gasteiger partial charge in [-0.25, -0.2) is 14.8 Å². The van der Waals surface area contributed by atoms with E-state index in [1.54, 1.807) is 0 Å². The van der Waals surface area contributed by atoms with E-state index in [0.29, 0.717) is 5.03 Å². The van der Waals surface area contributed by atoms with Gasteiger partial charge in [0.05, 0.1) is 25.3 Å². The van der Waals surface area contributed by atoms with Crippen molar-refractivity contribution in [2.45, 2.75) is 5.03 Å². The third-order valence-corrected chi connectivity index (χ3v) is 2.30. The zero-order valence-corrected chi connectivity index (χ0v) is 8.65. The van der Waals surface area contributed by atoms with E-state index in [9.17, 15) is 9.59 Å². The predicted octanol–water partition coefficient (Wildman–Crippen LogP) is 0.440. The van der Waals surface area contributed by atoms with Crippen LogP contribution in [-0.4, -0.2) is 39.9 Å². The Labute approximate surface area is 89.7 Å². The van der Waals surface area contributed by atoms with Crippen LogP contribution in [0.25, 0.3) is 0 Å². The fraction of sp³-hybridized carbons (Fsp3) is 0.250. The molecule has 0 saturated heterocycles. The summed E-state index contributed by atoms with van der Waals surface area (Å²) in [6.45, 7) is 0. The highest BCUT2D eigenvalue weighted by atomic mass is 32.2. The van der Waals surface area contributed by atoms with E-state index in [0.717, 1.165) is 18.0 Å². The highest BCUT2D eigenvalue weighted by molar-refractivity contribution is 7.99. The molecule has 1 rings (SSSR count). The minimum atomic E-state index is -1.13. The van der Waals surface area contributed by atoms with E-state index in [4.69, 9.17) is 5.11 Å². The van der Waals surface area contributed by atoms with Crippen LogP contribution in [0.5, 0.6) is 0 Å². The highest BCUT2D eigenvalue weighted by Gasteiger charge is 2.06. The van der Waals surface area contributed by atoms with Crippen LogP contribution in [0, 0.1) is 0 Å². The molecule has 0 atom stereocenters. The fourth-order valence-corrected chi connectivity index (χ4v) is 1.33. The number of hydrogen-bond acceptors (Lipinski definition) is 6. The molecule has 80 valence electrons. The van der Waals surface area contributed by atoms with Crippen LogP contribution in [0.3, 0.4) is 0 Å². The van der Waals surface area contributed by atoms with Gasteiger partial charge >= 0.3 is 11.9 Å². The van der Waals surface area contributed by atoms with E-state index < -0.39 is 5.97 Å². The smallest absolute Gasteiger partial charge is 0.356 e. The Bertz CT molecular complexity index is 365. The number of carbonyl (C=O) groups excluding carboxylic acids is 1. The molecule has 0 bridgehead atoms. The van der Waals surface area contributed by atoms with Crippen molar-refractivity contribution in [2.24, 2.45) is 0 Å². The Hall–Kier alpha value is -1.63. The number of aromatic carboxylic acids is 1. The number of carbonyl (C=O) groups is 2. The summed E-state index contributed by atoms with van der Waals surface area (Å²) in [5.74, 6) is -1.38. The van der Waals surface area contributed by atoms with Crippen LogP contribution in [0.2, 0.25) is 0 Å². The first-order valence-electron chi connectivity index (χ1n) is 3.88. The van der Waals surface area contributed by atoms with Crippen LogP contribution in [0.15, 0.2) is 17.4 Å². The van der Waals surface area contributed by atoms with Gasteiger partial charge in [-0.15, -0.1) is 0 Å². The minimum absolute atomic E-state index is 0.123. The number of thioether (sulfide) groups is 1. The number of rotatable bonds is 4. The van der Waals surface area contributed by atoms with E-state index in [1.807, 2.05) is 0 Å². The Balaban J connectivity index is 2.57. The summed E-state index contributed by atoms with van der Waals surface area (Å²) < 4.78 is 4.43. The summed E-state index contributed by atoms with van der Waals surface area (Å²) in [7, 11) is 1.29. The zero-order valence-electron chi connectivity index (χ0n) is 7.84. The van der Waals surface area contributed by atoms with Crippen LogP contribution >= 0.6 is 11.8 Å². The molecule has 6 nitrogen and oxygen atoms in total. The zero-order chi connectivity index (χ0) is 11.3. The molecule has 1 N–H and O–H groups in total. The Morgan fingerprint density at radius 2 is 2.20 bits per heavy atom. The molecule has 0 aliphatic heterocycles. The number of carboxylic acids is 1. The van der Waals surface area contributed by atoms with Crippen molar-refractivity contribution in [3.8, 4) is 0 Å². The largest absolute Gasteiger partial charge is 0.476 e. The first-order chi connectivity index (χ1) is 7.13. The number of carboxylic acid groups (broad SMARTS) is 1. The van der Waals surface area contributed by atoms with Gasteiger partial charge in [0, 0.05) is 0 Å². The van der Waals surface area contributed by atoms with E-state index in [1.165, 1.54) is 13.3 Å². The molecule has 0 amide bonds. The van der Waals surface area contributed by atoms with Crippen molar-refractivity contribution in [3.63, 3.8) is 0 Å². The average molecular weight is 228 g/mol. The number of aromatic nitrogens is 2. The van der Waals surface area contributed by atoms with Gasteiger partial charge in [0.15, 0.2) is 5.69 Å². The summed E-state index contributed by atoms with van der Waals surface area (Å²) in [4.78, 5) is 28.7. The Morgan fingerprint density at radius 3 is 2.67 bits per heavy atom. The number of esters is 1. The van der Waals surface area contributed by atoms with Gasteiger partial charge in [0.25, 0.3) is 0 Å². The summed E-state index contributed by atoms with van der Waals surface area (Å²) >= 11 is 1.13. The quantitative estimate of drug-likeness (QED) is 0.590. The lowest BCUT2D eigenvalue weighted by atomic mass is 10.5. The maximum atomic E-state index is 10.8. The van der Waals surface area contributed by atoms with Crippen molar-refractivity contribution in [1.29, 1.82) is 0 Å². The summed E-state index contributed by atoms with van der Waals surface area (Å²) in [6.07, 6.45) is 2.44. The van der Waals surface area contributed by atoms with E-state index >= 15 is 0 Å². The van der Waals surface area contributed by atoms with Crippen molar-refractivity contribution in [3.05, 3.63) is 18.1 Å². The minimum Gasteiger partial charge on any atom is -0.476 e. The second kappa shape index (κ2) is 5.30.